The first-order valence-corrected chi connectivity index (χ1v) is 26.0. The Balaban J connectivity index is 0.934. The SMILES string of the molecule is CC(C)(C)c1cnc2c(c1)c1ccccc1c1ccccc1c1cccc3c4ccc(Oc5ccc6c(c5)N5CN(c7c(-c8ccccc8)cccc7-c7ccccc7)c7cccc(c75)-c5ccccc5-6)cc4n2c13. The lowest BCUT2D eigenvalue weighted by atomic mass is 9.87. The third kappa shape index (κ3) is 6.67. The van der Waals surface area contributed by atoms with Gasteiger partial charge < -0.3 is 14.5 Å². The monoisotopic (exact) mass is 962 g/mol. The zero-order chi connectivity index (χ0) is 49.9. The smallest absolute Gasteiger partial charge is 0.145 e. The van der Waals surface area contributed by atoms with E-state index in [2.05, 4.69) is 272 Å². The molecule has 10 aromatic carbocycles. The number of rotatable bonds is 5. The summed E-state index contributed by atoms with van der Waals surface area (Å²) in [4.78, 5) is 10.5. The van der Waals surface area contributed by atoms with Crippen LogP contribution in [-0.2, 0) is 5.41 Å². The summed E-state index contributed by atoms with van der Waals surface area (Å²) in [5.74, 6) is 1.51. The number of hydrogen-bond donors (Lipinski definition) is 0. The highest BCUT2D eigenvalue weighted by Crippen LogP contribution is 2.58. The minimum Gasteiger partial charge on any atom is -0.457 e. The second-order valence-electron chi connectivity index (χ2n) is 21.1. The number of benzene rings is 10. The highest BCUT2D eigenvalue weighted by Gasteiger charge is 2.37. The van der Waals surface area contributed by atoms with Crippen LogP contribution in [0, 0.1) is 0 Å². The molecule has 0 radical (unpaired) electrons. The molecule has 0 saturated heterocycles. The summed E-state index contributed by atoms with van der Waals surface area (Å²) in [6.07, 6.45) is 2.08. The van der Waals surface area contributed by atoms with E-state index in [1.54, 1.807) is 0 Å². The molecule has 0 aliphatic carbocycles. The Bertz CT molecular complexity index is 4470. The van der Waals surface area contributed by atoms with Crippen molar-refractivity contribution in [2.45, 2.75) is 26.2 Å². The lowest BCUT2D eigenvalue weighted by Crippen LogP contribution is -2.25. The van der Waals surface area contributed by atoms with Crippen molar-refractivity contribution < 1.29 is 4.74 Å². The van der Waals surface area contributed by atoms with E-state index in [9.17, 15) is 0 Å². The van der Waals surface area contributed by atoms with Crippen molar-refractivity contribution in [2.24, 2.45) is 0 Å². The molecular formula is C70H50N4O. The quantitative estimate of drug-likeness (QED) is 0.172. The van der Waals surface area contributed by atoms with Crippen LogP contribution < -0.4 is 14.5 Å². The number of ether oxygens (including phenoxy) is 1. The van der Waals surface area contributed by atoms with Crippen molar-refractivity contribution in [3.8, 4) is 56.0 Å². The van der Waals surface area contributed by atoms with Crippen LogP contribution in [0.25, 0.3) is 104 Å². The predicted molar refractivity (Wildman–Crippen MR) is 314 cm³/mol. The normalized spacial score (nSPS) is 12.9. The molecule has 75 heavy (non-hydrogen) atoms. The summed E-state index contributed by atoms with van der Waals surface area (Å²) >= 11 is 0. The standard InChI is InChI=1S/C70H50N4O/c1-70(2,3)46-39-62-56-28-15-11-24-52(56)51-23-10-13-26-54(51)59-31-17-32-61-58-38-36-48(41-65(58)74(67(59)61)69(62)71-42-46)75-47-35-37-57-53-25-12-14-27-55(53)60-33-18-34-63-68(60)73(64(57)40-47)43-72(63)66-49(44-19-6-4-7-20-44)29-16-30-50(66)45-21-8-5-9-22-45/h4-42H,43H2,1-3H3. The van der Waals surface area contributed by atoms with E-state index in [0.29, 0.717) is 6.67 Å². The van der Waals surface area contributed by atoms with E-state index in [1.165, 1.54) is 82.8 Å². The molecule has 5 heterocycles. The second-order valence-corrected chi connectivity index (χ2v) is 21.1. The van der Waals surface area contributed by atoms with Crippen LogP contribution in [-0.4, -0.2) is 16.1 Å². The van der Waals surface area contributed by atoms with Crippen molar-refractivity contribution in [1.29, 1.82) is 0 Å². The molecule has 15 rings (SSSR count). The van der Waals surface area contributed by atoms with E-state index in [0.717, 1.165) is 61.3 Å². The third-order valence-corrected chi connectivity index (χ3v) is 15.8. The average molecular weight is 963 g/mol. The second kappa shape index (κ2) is 16.5. The van der Waals surface area contributed by atoms with Crippen LogP contribution in [0.5, 0.6) is 11.5 Å². The van der Waals surface area contributed by atoms with Gasteiger partial charge in [-0.3, -0.25) is 4.40 Å². The van der Waals surface area contributed by atoms with E-state index >= 15 is 0 Å². The topological polar surface area (TPSA) is 33.0 Å². The molecule has 2 aliphatic rings. The zero-order valence-electron chi connectivity index (χ0n) is 41.9. The van der Waals surface area contributed by atoms with Crippen molar-refractivity contribution in [1.82, 2.24) is 9.38 Å². The third-order valence-electron chi connectivity index (χ3n) is 15.8. The zero-order valence-corrected chi connectivity index (χ0v) is 41.9. The molecule has 0 atom stereocenters. The van der Waals surface area contributed by atoms with Gasteiger partial charge in [0.05, 0.1) is 33.8 Å². The number of fused-ring (bicyclic) bond motifs is 15. The molecule has 356 valence electrons. The summed E-state index contributed by atoms with van der Waals surface area (Å²) in [6.45, 7) is 7.39. The maximum absolute atomic E-state index is 7.16. The Kier molecular flexibility index (Phi) is 9.52. The minimum atomic E-state index is -0.106. The van der Waals surface area contributed by atoms with Crippen LogP contribution >= 0.6 is 0 Å². The molecule has 0 amide bonds. The van der Waals surface area contributed by atoms with Crippen molar-refractivity contribution >= 4 is 82.5 Å². The first-order chi connectivity index (χ1) is 36.9. The van der Waals surface area contributed by atoms with Crippen LogP contribution in [0.3, 0.4) is 0 Å². The largest absolute Gasteiger partial charge is 0.457 e. The number of aromatic nitrogens is 2. The van der Waals surface area contributed by atoms with Gasteiger partial charge in [0.15, 0.2) is 0 Å². The Morgan fingerprint density at radius 3 is 1.57 bits per heavy atom. The fourth-order valence-corrected chi connectivity index (χ4v) is 12.3. The molecule has 0 N–H and O–H groups in total. The summed E-state index contributed by atoms with van der Waals surface area (Å²) in [7, 11) is 0. The van der Waals surface area contributed by atoms with Crippen molar-refractivity contribution in [3.05, 3.63) is 242 Å². The van der Waals surface area contributed by atoms with Gasteiger partial charge >= 0.3 is 0 Å². The van der Waals surface area contributed by atoms with Gasteiger partial charge in [-0.1, -0.05) is 203 Å². The molecule has 13 aromatic rings. The molecular weight excluding hydrogens is 913 g/mol. The molecule has 0 saturated carbocycles. The molecule has 0 bridgehead atoms. The molecule has 3 aromatic heterocycles. The summed E-state index contributed by atoms with van der Waals surface area (Å²) < 4.78 is 9.56. The number of para-hydroxylation sites is 3. The summed E-state index contributed by atoms with van der Waals surface area (Å²) in [5.41, 5.74) is 18.3. The lowest BCUT2D eigenvalue weighted by Gasteiger charge is -2.28. The van der Waals surface area contributed by atoms with Gasteiger partial charge in [-0.2, -0.15) is 0 Å². The number of hydrogen-bond acceptors (Lipinski definition) is 4. The number of pyridine rings is 1. The Morgan fingerprint density at radius 2 is 0.893 bits per heavy atom. The molecule has 2 aliphatic heterocycles. The highest BCUT2D eigenvalue weighted by molar-refractivity contribution is 6.25. The number of nitrogens with zero attached hydrogens (tertiary/aromatic N) is 4. The summed E-state index contributed by atoms with van der Waals surface area (Å²) in [6, 6.07) is 84.0. The van der Waals surface area contributed by atoms with Gasteiger partial charge in [0, 0.05) is 62.1 Å². The van der Waals surface area contributed by atoms with Gasteiger partial charge in [0.1, 0.15) is 23.8 Å². The van der Waals surface area contributed by atoms with Gasteiger partial charge in [-0.05, 0) is 91.2 Å². The maximum atomic E-state index is 7.16. The molecule has 5 nitrogen and oxygen atoms in total. The van der Waals surface area contributed by atoms with Crippen LogP contribution in [0.2, 0.25) is 0 Å². The summed E-state index contributed by atoms with van der Waals surface area (Å²) in [5, 5.41) is 9.32. The fraction of sp³-hybridized carbons (Fsp3) is 0.0714. The maximum Gasteiger partial charge on any atom is 0.145 e. The Hall–Kier alpha value is -9.45. The first kappa shape index (κ1) is 43.2. The average Bonchev–Trinajstić information content (AvgIpc) is 4.00. The van der Waals surface area contributed by atoms with Crippen LogP contribution in [0.15, 0.2) is 237 Å². The Labute approximate surface area is 435 Å². The van der Waals surface area contributed by atoms with Gasteiger partial charge in [0.2, 0.25) is 0 Å². The van der Waals surface area contributed by atoms with E-state index in [1.807, 2.05) is 0 Å². The highest BCUT2D eigenvalue weighted by atomic mass is 16.5. The molecule has 0 fully saturated rings. The van der Waals surface area contributed by atoms with E-state index in [-0.39, 0.29) is 5.41 Å². The van der Waals surface area contributed by atoms with E-state index < -0.39 is 0 Å². The predicted octanol–water partition coefficient (Wildman–Crippen LogP) is 19.0. The fourth-order valence-electron chi connectivity index (χ4n) is 12.3. The number of anilines is 4. The first-order valence-electron chi connectivity index (χ1n) is 26.0. The molecule has 5 heteroatoms. The minimum absolute atomic E-state index is 0.106. The van der Waals surface area contributed by atoms with Crippen molar-refractivity contribution in [2.75, 3.05) is 16.5 Å². The lowest BCUT2D eigenvalue weighted by molar-refractivity contribution is 0.483. The van der Waals surface area contributed by atoms with Crippen molar-refractivity contribution in [3.63, 3.8) is 0 Å². The molecule has 0 unspecified atom stereocenters. The van der Waals surface area contributed by atoms with Crippen LogP contribution in [0.4, 0.5) is 22.7 Å². The Morgan fingerprint density at radius 1 is 0.387 bits per heavy atom. The molecule has 0 spiro atoms. The van der Waals surface area contributed by atoms with Crippen LogP contribution in [0.1, 0.15) is 26.3 Å². The van der Waals surface area contributed by atoms with Gasteiger partial charge in [0.25, 0.3) is 0 Å². The van der Waals surface area contributed by atoms with Gasteiger partial charge in [-0.25, -0.2) is 4.98 Å². The van der Waals surface area contributed by atoms with Gasteiger partial charge in [-0.15, -0.1) is 0 Å². The van der Waals surface area contributed by atoms with E-state index in [4.69, 9.17) is 9.72 Å².